The van der Waals surface area contributed by atoms with Gasteiger partial charge in [-0.3, -0.25) is 24.3 Å². The van der Waals surface area contributed by atoms with Crippen LogP contribution >= 0.6 is 0 Å². The van der Waals surface area contributed by atoms with E-state index >= 15 is 0 Å². The summed E-state index contributed by atoms with van der Waals surface area (Å²) in [5.74, 6) is 0.312. The van der Waals surface area contributed by atoms with Gasteiger partial charge in [-0.15, -0.1) is 0 Å². The largest absolute Gasteiger partial charge is 0.427 e. The maximum absolute atomic E-state index is 13.3. The number of aromatic nitrogens is 2. The van der Waals surface area contributed by atoms with E-state index in [-0.39, 0.29) is 11.2 Å². The van der Waals surface area contributed by atoms with Gasteiger partial charge in [-0.1, -0.05) is 18.2 Å². The van der Waals surface area contributed by atoms with E-state index in [1.807, 2.05) is 0 Å². The summed E-state index contributed by atoms with van der Waals surface area (Å²) in [6, 6.07) is 19.6. The molecule has 0 saturated heterocycles. The Labute approximate surface area is 182 Å². The van der Waals surface area contributed by atoms with Crippen molar-refractivity contribution in [2.45, 2.75) is 6.92 Å². The molecule has 0 aliphatic carbocycles. The molecule has 0 aliphatic rings. The lowest BCUT2D eigenvalue weighted by atomic mass is 10.2. The summed E-state index contributed by atoms with van der Waals surface area (Å²) < 4.78 is 6.52. The Bertz CT molecular complexity index is 1400. The van der Waals surface area contributed by atoms with Crippen molar-refractivity contribution in [3.63, 3.8) is 0 Å². The van der Waals surface area contributed by atoms with Crippen LogP contribution in [0.3, 0.4) is 0 Å². The number of ether oxygens (including phenoxy) is 1. The van der Waals surface area contributed by atoms with Crippen molar-refractivity contribution in [3.8, 4) is 11.4 Å². The third-order valence-corrected chi connectivity index (χ3v) is 4.69. The molecular weight excluding hydrogens is 410 g/mol. The first-order chi connectivity index (χ1) is 15.4. The van der Waals surface area contributed by atoms with Crippen molar-refractivity contribution in [3.05, 3.63) is 105 Å². The van der Waals surface area contributed by atoms with Crippen LogP contribution in [0.4, 0.5) is 5.69 Å². The minimum atomic E-state index is -0.463. The van der Waals surface area contributed by atoms with E-state index < -0.39 is 10.9 Å². The maximum Gasteiger partial charge on any atom is 0.308 e. The van der Waals surface area contributed by atoms with E-state index in [9.17, 15) is 19.7 Å². The first-order valence-corrected chi connectivity index (χ1v) is 9.65. The predicted molar refractivity (Wildman–Crippen MR) is 121 cm³/mol. The van der Waals surface area contributed by atoms with E-state index in [1.54, 1.807) is 72.8 Å². The fourth-order valence-corrected chi connectivity index (χ4v) is 3.22. The summed E-state index contributed by atoms with van der Waals surface area (Å²) in [5.41, 5.74) is 1.56. The van der Waals surface area contributed by atoms with Crippen LogP contribution in [0.1, 0.15) is 18.3 Å². The molecule has 158 valence electrons. The zero-order valence-electron chi connectivity index (χ0n) is 17.0. The average Bonchev–Trinajstić information content (AvgIpc) is 2.78. The summed E-state index contributed by atoms with van der Waals surface area (Å²) in [6.45, 7) is 1.31. The third kappa shape index (κ3) is 4.29. The Morgan fingerprint density at radius 2 is 1.69 bits per heavy atom. The lowest BCUT2D eigenvalue weighted by Gasteiger charge is -2.12. The van der Waals surface area contributed by atoms with Gasteiger partial charge in [0.15, 0.2) is 0 Å². The third-order valence-electron chi connectivity index (χ3n) is 4.69. The number of non-ortho nitro benzene ring substituents is 1. The van der Waals surface area contributed by atoms with Gasteiger partial charge in [0, 0.05) is 19.1 Å². The molecule has 0 spiro atoms. The second-order valence-corrected chi connectivity index (χ2v) is 6.90. The molecule has 1 heterocycles. The fraction of sp³-hybridized carbons (Fsp3) is 0.0417. The minimum absolute atomic E-state index is 0.00393. The van der Waals surface area contributed by atoms with Crippen LogP contribution in [0.5, 0.6) is 5.75 Å². The first-order valence-electron chi connectivity index (χ1n) is 9.65. The van der Waals surface area contributed by atoms with Crippen LogP contribution in [0.2, 0.25) is 0 Å². The molecular formula is C24H17N3O5. The van der Waals surface area contributed by atoms with Crippen LogP contribution in [0, 0.1) is 10.1 Å². The summed E-state index contributed by atoms with van der Waals surface area (Å²) in [6.07, 6.45) is 3.40. The number of nitro groups is 1. The molecule has 8 nitrogen and oxygen atoms in total. The second-order valence-electron chi connectivity index (χ2n) is 6.90. The SMILES string of the molecule is CC(=O)Oc1ccc(-n2c(/C=C/c3ccc([N+](=O)[O-])cc3)nc3ccccc3c2=O)cc1. The van der Waals surface area contributed by atoms with Crippen molar-refractivity contribution >= 4 is 34.7 Å². The summed E-state index contributed by atoms with van der Waals surface area (Å²) in [5, 5.41) is 11.3. The normalized spacial score (nSPS) is 11.0. The number of hydrogen-bond donors (Lipinski definition) is 0. The number of rotatable bonds is 5. The van der Waals surface area contributed by atoms with Gasteiger partial charge in [-0.2, -0.15) is 0 Å². The van der Waals surface area contributed by atoms with Crippen LogP contribution in [-0.4, -0.2) is 20.4 Å². The Hall–Kier alpha value is -4.59. The van der Waals surface area contributed by atoms with Gasteiger partial charge in [0.1, 0.15) is 11.6 Å². The Morgan fingerprint density at radius 1 is 1.00 bits per heavy atom. The molecule has 0 N–H and O–H groups in total. The van der Waals surface area contributed by atoms with Gasteiger partial charge >= 0.3 is 5.97 Å². The summed E-state index contributed by atoms with van der Waals surface area (Å²) in [4.78, 5) is 39.5. The van der Waals surface area contributed by atoms with Crippen molar-refractivity contribution in [2.24, 2.45) is 0 Å². The molecule has 0 unspecified atom stereocenters. The number of benzene rings is 3. The number of hydrogen-bond acceptors (Lipinski definition) is 6. The molecule has 4 aromatic rings. The number of esters is 1. The lowest BCUT2D eigenvalue weighted by molar-refractivity contribution is -0.384. The van der Waals surface area contributed by atoms with Gasteiger partial charge in [0.2, 0.25) is 0 Å². The van der Waals surface area contributed by atoms with Crippen LogP contribution in [0.15, 0.2) is 77.6 Å². The van der Waals surface area contributed by atoms with Crippen molar-refractivity contribution < 1.29 is 14.5 Å². The fourth-order valence-electron chi connectivity index (χ4n) is 3.22. The molecule has 0 aliphatic heterocycles. The van der Waals surface area contributed by atoms with E-state index in [0.29, 0.717) is 28.2 Å². The zero-order valence-corrected chi connectivity index (χ0v) is 17.0. The topological polar surface area (TPSA) is 104 Å². The number of carbonyl (C=O) groups is 1. The standard InChI is InChI=1S/C24H17N3O5/c1-16(28)32-20-13-11-18(12-14-20)26-23(25-22-5-3-2-4-21(22)24(26)29)15-8-17-6-9-19(10-7-17)27(30)31/h2-15H,1H3/b15-8+. The van der Waals surface area contributed by atoms with Crippen molar-refractivity contribution in [1.29, 1.82) is 0 Å². The van der Waals surface area contributed by atoms with E-state index in [4.69, 9.17) is 4.74 Å². The molecule has 4 rings (SSSR count). The average molecular weight is 427 g/mol. The molecule has 0 saturated carbocycles. The van der Waals surface area contributed by atoms with Crippen molar-refractivity contribution in [2.75, 3.05) is 0 Å². The van der Waals surface area contributed by atoms with Gasteiger partial charge in [-0.25, -0.2) is 4.98 Å². The molecule has 8 heteroatoms. The molecule has 3 aromatic carbocycles. The van der Waals surface area contributed by atoms with Crippen LogP contribution in [0.25, 0.3) is 28.7 Å². The number of para-hydroxylation sites is 1. The second kappa shape index (κ2) is 8.65. The number of nitrogens with zero attached hydrogens (tertiary/aromatic N) is 3. The molecule has 0 radical (unpaired) electrons. The van der Waals surface area contributed by atoms with Crippen LogP contribution < -0.4 is 10.3 Å². The van der Waals surface area contributed by atoms with E-state index in [1.165, 1.54) is 23.6 Å². The van der Waals surface area contributed by atoms with Gasteiger partial charge in [0.05, 0.1) is 21.5 Å². The molecule has 0 bridgehead atoms. The summed E-state index contributed by atoms with van der Waals surface area (Å²) in [7, 11) is 0. The highest BCUT2D eigenvalue weighted by atomic mass is 16.6. The number of carbonyl (C=O) groups excluding carboxylic acids is 1. The Kier molecular flexibility index (Phi) is 5.59. The predicted octanol–water partition coefficient (Wildman–Crippen LogP) is 4.39. The van der Waals surface area contributed by atoms with Gasteiger partial charge in [0.25, 0.3) is 11.2 Å². The van der Waals surface area contributed by atoms with Crippen molar-refractivity contribution in [1.82, 2.24) is 9.55 Å². The highest BCUT2D eigenvalue weighted by Gasteiger charge is 2.12. The first kappa shape index (κ1) is 20.7. The van der Waals surface area contributed by atoms with Crippen LogP contribution in [-0.2, 0) is 4.79 Å². The quantitative estimate of drug-likeness (QED) is 0.202. The highest BCUT2D eigenvalue weighted by Crippen LogP contribution is 2.19. The number of fused-ring (bicyclic) bond motifs is 1. The van der Waals surface area contributed by atoms with Gasteiger partial charge < -0.3 is 4.74 Å². The molecule has 0 amide bonds. The smallest absolute Gasteiger partial charge is 0.308 e. The Balaban J connectivity index is 1.81. The lowest BCUT2D eigenvalue weighted by Crippen LogP contribution is -2.22. The van der Waals surface area contributed by atoms with E-state index in [0.717, 1.165) is 5.56 Å². The summed E-state index contributed by atoms with van der Waals surface area (Å²) >= 11 is 0. The minimum Gasteiger partial charge on any atom is -0.427 e. The van der Waals surface area contributed by atoms with E-state index in [2.05, 4.69) is 4.98 Å². The Morgan fingerprint density at radius 3 is 2.34 bits per heavy atom. The highest BCUT2D eigenvalue weighted by molar-refractivity contribution is 5.80. The molecule has 0 atom stereocenters. The van der Waals surface area contributed by atoms with Gasteiger partial charge in [-0.05, 0) is 60.2 Å². The monoisotopic (exact) mass is 427 g/mol. The maximum atomic E-state index is 13.3. The number of nitro benzene ring substituents is 1. The molecule has 32 heavy (non-hydrogen) atoms. The molecule has 1 aromatic heterocycles. The zero-order chi connectivity index (χ0) is 22.7. The molecule has 0 fully saturated rings.